The van der Waals surface area contributed by atoms with Gasteiger partial charge in [-0.3, -0.25) is 9.59 Å². The van der Waals surface area contributed by atoms with E-state index in [0.717, 1.165) is 5.56 Å². The van der Waals surface area contributed by atoms with Crippen molar-refractivity contribution in [2.75, 3.05) is 19.0 Å². The number of hydrogen-bond donors (Lipinski definition) is 1. The Kier molecular flexibility index (Phi) is 7.75. The van der Waals surface area contributed by atoms with E-state index in [0.29, 0.717) is 42.3 Å². The van der Waals surface area contributed by atoms with Crippen molar-refractivity contribution in [3.63, 3.8) is 0 Å². The summed E-state index contributed by atoms with van der Waals surface area (Å²) in [6, 6.07) is 17.0. The van der Waals surface area contributed by atoms with Crippen LogP contribution < -0.4 is 15.6 Å². The molecule has 0 bridgehead atoms. The molecule has 8 heteroatoms. The Balaban J connectivity index is 1.56. The van der Waals surface area contributed by atoms with Crippen LogP contribution in [-0.2, 0) is 16.1 Å². The minimum atomic E-state index is -0.403. The van der Waals surface area contributed by atoms with Crippen molar-refractivity contribution >= 4 is 17.6 Å². The lowest BCUT2D eigenvalue weighted by Gasteiger charge is -2.09. The van der Waals surface area contributed by atoms with Gasteiger partial charge in [0.25, 0.3) is 5.56 Å². The van der Waals surface area contributed by atoms with Crippen LogP contribution in [0, 0.1) is 0 Å². The minimum Gasteiger partial charge on any atom is -0.497 e. The van der Waals surface area contributed by atoms with E-state index >= 15 is 0 Å². The van der Waals surface area contributed by atoms with Crippen molar-refractivity contribution in [1.82, 2.24) is 9.78 Å². The van der Waals surface area contributed by atoms with E-state index in [9.17, 15) is 14.4 Å². The fraction of sp³-hybridized carbons (Fsp3) is 0.250. The largest absolute Gasteiger partial charge is 0.497 e. The number of methoxy groups -OCH3 is 1. The first-order chi connectivity index (χ1) is 15.5. The number of rotatable bonds is 9. The predicted octanol–water partition coefficient (Wildman–Crippen LogP) is 3.51. The first-order valence-electron chi connectivity index (χ1n) is 10.3. The molecular weight excluding hydrogens is 410 g/mol. The molecule has 1 heterocycles. The van der Waals surface area contributed by atoms with Gasteiger partial charge in [-0.15, -0.1) is 0 Å². The van der Waals surface area contributed by atoms with Gasteiger partial charge in [0.2, 0.25) is 5.91 Å². The number of amides is 1. The van der Waals surface area contributed by atoms with E-state index in [1.165, 1.54) is 10.7 Å². The number of aromatic nitrogens is 2. The highest BCUT2D eigenvalue weighted by Crippen LogP contribution is 2.21. The van der Waals surface area contributed by atoms with E-state index in [2.05, 4.69) is 10.4 Å². The van der Waals surface area contributed by atoms with Gasteiger partial charge in [0.1, 0.15) is 5.75 Å². The third-order valence-corrected chi connectivity index (χ3v) is 4.69. The standard InChI is InChI=1S/C24H25N3O5/c1-3-32-24(30)17-9-11-19(12-10-17)25-22(28)8-5-15-27-23(29)14-13-21(26-27)18-6-4-7-20(16-18)31-2/h4,6-7,9-14,16H,3,5,8,15H2,1-2H3,(H,25,28). The molecule has 3 aromatic rings. The van der Waals surface area contributed by atoms with Crippen LogP contribution in [0.15, 0.2) is 65.5 Å². The Hall–Kier alpha value is -3.94. The van der Waals surface area contributed by atoms with Crippen LogP contribution in [-0.4, -0.2) is 35.4 Å². The van der Waals surface area contributed by atoms with Crippen LogP contribution in [0.2, 0.25) is 0 Å². The summed E-state index contributed by atoms with van der Waals surface area (Å²) in [4.78, 5) is 36.1. The maximum absolute atomic E-state index is 12.2. The molecule has 0 radical (unpaired) electrons. The quantitative estimate of drug-likeness (QED) is 0.517. The van der Waals surface area contributed by atoms with Crippen LogP contribution in [0.25, 0.3) is 11.3 Å². The lowest BCUT2D eigenvalue weighted by molar-refractivity contribution is -0.116. The number of esters is 1. The predicted molar refractivity (Wildman–Crippen MR) is 121 cm³/mol. The number of ether oxygens (including phenoxy) is 2. The molecule has 0 spiro atoms. The molecule has 0 aliphatic carbocycles. The fourth-order valence-electron chi connectivity index (χ4n) is 3.06. The van der Waals surface area contributed by atoms with Crippen molar-refractivity contribution in [3.05, 3.63) is 76.6 Å². The summed E-state index contributed by atoms with van der Waals surface area (Å²) in [5, 5.41) is 7.19. The van der Waals surface area contributed by atoms with E-state index in [1.54, 1.807) is 44.4 Å². The molecule has 32 heavy (non-hydrogen) atoms. The van der Waals surface area contributed by atoms with Crippen molar-refractivity contribution in [3.8, 4) is 17.0 Å². The summed E-state index contributed by atoms with van der Waals surface area (Å²) >= 11 is 0. The number of nitrogens with zero attached hydrogens (tertiary/aromatic N) is 2. The summed E-state index contributed by atoms with van der Waals surface area (Å²) < 4.78 is 11.5. The molecule has 166 valence electrons. The summed E-state index contributed by atoms with van der Waals surface area (Å²) in [6.07, 6.45) is 0.665. The van der Waals surface area contributed by atoms with Gasteiger partial charge in [-0.25, -0.2) is 9.48 Å². The second-order valence-corrected chi connectivity index (χ2v) is 6.96. The molecule has 0 fully saturated rings. The molecular formula is C24H25N3O5. The number of aryl methyl sites for hydroxylation is 1. The van der Waals surface area contributed by atoms with Gasteiger partial charge < -0.3 is 14.8 Å². The average Bonchev–Trinajstić information content (AvgIpc) is 2.81. The first-order valence-corrected chi connectivity index (χ1v) is 10.3. The molecule has 0 aliphatic rings. The van der Waals surface area contributed by atoms with Gasteiger partial charge in [-0.1, -0.05) is 12.1 Å². The van der Waals surface area contributed by atoms with E-state index in [-0.39, 0.29) is 17.9 Å². The van der Waals surface area contributed by atoms with Crippen molar-refractivity contribution in [2.45, 2.75) is 26.3 Å². The van der Waals surface area contributed by atoms with Crippen molar-refractivity contribution in [2.24, 2.45) is 0 Å². The molecule has 8 nitrogen and oxygen atoms in total. The van der Waals surface area contributed by atoms with Crippen LogP contribution in [0.1, 0.15) is 30.1 Å². The Labute approximate surface area is 185 Å². The van der Waals surface area contributed by atoms with Crippen LogP contribution in [0.3, 0.4) is 0 Å². The zero-order valence-electron chi connectivity index (χ0n) is 18.0. The number of hydrogen-bond acceptors (Lipinski definition) is 6. The zero-order chi connectivity index (χ0) is 22.9. The second-order valence-electron chi connectivity index (χ2n) is 6.96. The number of carbonyl (C=O) groups is 2. The van der Waals surface area contributed by atoms with E-state index in [4.69, 9.17) is 9.47 Å². The summed E-state index contributed by atoms with van der Waals surface area (Å²) in [7, 11) is 1.59. The highest BCUT2D eigenvalue weighted by atomic mass is 16.5. The molecule has 2 aromatic carbocycles. The second kappa shape index (κ2) is 10.9. The highest BCUT2D eigenvalue weighted by Gasteiger charge is 2.09. The lowest BCUT2D eigenvalue weighted by atomic mass is 10.1. The minimum absolute atomic E-state index is 0.189. The molecule has 1 amide bonds. The maximum Gasteiger partial charge on any atom is 0.338 e. The molecule has 1 N–H and O–H groups in total. The van der Waals surface area contributed by atoms with Crippen molar-refractivity contribution < 1.29 is 19.1 Å². The van der Waals surface area contributed by atoms with Crippen LogP contribution in [0.5, 0.6) is 5.75 Å². The van der Waals surface area contributed by atoms with Gasteiger partial charge in [-0.05, 0) is 55.8 Å². The molecule has 3 rings (SSSR count). The number of anilines is 1. The van der Waals surface area contributed by atoms with Crippen LogP contribution >= 0.6 is 0 Å². The van der Waals surface area contributed by atoms with Gasteiger partial charge in [0.15, 0.2) is 0 Å². The lowest BCUT2D eigenvalue weighted by Crippen LogP contribution is -2.23. The Bertz CT molecular complexity index is 1140. The Morgan fingerprint density at radius 3 is 2.56 bits per heavy atom. The summed E-state index contributed by atoms with van der Waals surface area (Å²) in [5.41, 5.74) is 2.26. The molecule has 0 aliphatic heterocycles. The Morgan fingerprint density at radius 2 is 1.84 bits per heavy atom. The fourth-order valence-corrected chi connectivity index (χ4v) is 3.06. The average molecular weight is 435 g/mol. The number of carbonyl (C=O) groups excluding carboxylic acids is 2. The van der Waals surface area contributed by atoms with Crippen LogP contribution in [0.4, 0.5) is 5.69 Å². The van der Waals surface area contributed by atoms with E-state index in [1.807, 2.05) is 24.3 Å². The topological polar surface area (TPSA) is 99.5 Å². The van der Waals surface area contributed by atoms with Gasteiger partial charge in [-0.2, -0.15) is 5.10 Å². The number of nitrogens with one attached hydrogen (secondary N) is 1. The Morgan fingerprint density at radius 1 is 1.06 bits per heavy atom. The molecule has 0 unspecified atom stereocenters. The third kappa shape index (κ3) is 6.04. The molecule has 0 atom stereocenters. The first kappa shape index (κ1) is 22.7. The van der Waals surface area contributed by atoms with Gasteiger partial charge in [0, 0.05) is 30.3 Å². The summed E-state index contributed by atoms with van der Waals surface area (Å²) in [6.45, 7) is 2.36. The van der Waals surface area contributed by atoms with Gasteiger partial charge >= 0.3 is 5.97 Å². The molecule has 0 saturated heterocycles. The number of benzene rings is 2. The normalized spacial score (nSPS) is 10.4. The smallest absolute Gasteiger partial charge is 0.338 e. The van der Waals surface area contributed by atoms with Crippen molar-refractivity contribution in [1.29, 1.82) is 0 Å². The van der Waals surface area contributed by atoms with E-state index < -0.39 is 5.97 Å². The highest BCUT2D eigenvalue weighted by molar-refractivity contribution is 5.93. The van der Waals surface area contributed by atoms with Gasteiger partial charge in [0.05, 0.1) is 25.0 Å². The SMILES string of the molecule is CCOC(=O)c1ccc(NC(=O)CCCn2nc(-c3cccc(OC)c3)ccc2=O)cc1. The zero-order valence-corrected chi connectivity index (χ0v) is 18.0. The third-order valence-electron chi connectivity index (χ3n) is 4.69. The maximum atomic E-state index is 12.2. The monoisotopic (exact) mass is 435 g/mol. The summed E-state index contributed by atoms with van der Waals surface area (Å²) in [5.74, 6) is 0.111. The molecule has 1 aromatic heterocycles. The molecule has 0 saturated carbocycles.